The number of aromatic nitrogens is 2. The van der Waals surface area contributed by atoms with Crippen molar-refractivity contribution in [3.05, 3.63) is 41.3 Å². The fourth-order valence-corrected chi connectivity index (χ4v) is 1.80. The smallest absolute Gasteiger partial charge is 0.154 e. The highest BCUT2D eigenvalue weighted by atomic mass is 35.5. The predicted octanol–water partition coefficient (Wildman–Crippen LogP) is 2.69. The molecule has 0 amide bonds. The summed E-state index contributed by atoms with van der Waals surface area (Å²) in [4.78, 5) is 8.15. The molecule has 1 heterocycles. The molecule has 18 heavy (non-hydrogen) atoms. The average Bonchev–Trinajstić information content (AvgIpc) is 2.41. The molecule has 0 saturated carbocycles. The summed E-state index contributed by atoms with van der Waals surface area (Å²) in [7, 11) is 0. The number of ether oxygens (including phenoxy) is 1. The Bertz CT molecular complexity index is 546. The second-order valence-corrected chi connectivity index (χ2v) is 4.00. The van der Waals surface area contributed by atoms with Gasteiger partial charge in [0.2, 0.25) is 0 Å². The first-order valence-electron chi connectivity index (χ1n) is 5.60. The molecule has 4 nitrogen and oxygen atoms in total. The molecular weight excluding hydrogens is 252 g/mol. The van der Waals surface area contributed by atoms with E-state index in [1.807, 2.05) is 19.1 Å². The van der Waals surface area contributed by atoms with Crippen LogP contribution in [-0.4, -0.2) is 21.7 Å². The van der Waals surface area contributed by atoms with E-state index in [0.29, 0.717) is 23.2 Å². The Morgan fingerprint density at radius 3 is 2.83 bits per heavy atom. The van der Waals surface area contributed by atoms with E-state index in [1.165, 1.54) is 0 Å². The molecule has 94 valence electrons. The maximum Gasteiger partial charge on any atom is 0.154 e. The van der Waals surface area contributed by atoms with Gasteiger partial charge in [0.1, 0.15) is 12.4 Å². The lowest BCUT2D eigenvalue weighted by molar-refractivity contribution is 0.271. The minimum Gasteiger partial charge on any atom is -0.492 e. The number of aliphatic hydroxyl groups excluding tert-OH is 1. The second kappa shape index (κ2) is 5.80. The summed E-state index contributed by atoms with van der Waals surface area (Å²) < 4.78 is 5.37. The molecule has 0 fully saturated rings. The molecule has 0 unspecified atom stereocenters. The van der Waals surface area contributed by atoms with Crippen LogP contribution in [0.4, 0.5) is 0 Å². The summed E-state index contributed by atoms with van der Waals surface area (Å²) in [5.41, 5.74) is 1.58. The molecule has 0 spiro atoms. The van der Waals surface area contributed by atoms with E-state index in [2.05, 4.69) is 9.97 Å². The molecule has 1 N–H and O–H groups in total. The van der Waals surface area contributed by atoms with Gasteiger partial charge >= 0.3 is 0 Å². The number of hydrogen-bond donors (Lipinski definition) is 1. The highest BCUT2D eigenvalue weighted by Crippen LogP contribution is 2.29. The first-order valence-corrected chi connectivity index (χ1v) is 5.98. The quantitative estimate of drug-likeness (QED) is 0.922. The topological polar surface area (TPSA) is 55.2 Å². The zero-order valence-electron chi connectivity index (χ0n) is 9.93. The molecule has 0 atom stereocenters. The van der Waals surface area contributed by atoms with Crippen LogP contribution in [0, 0.1) is 0 Å². The zero-order chi connectivity index (χ0) is 13.0. The lowest BCUT2D eigenvalue weighted by atomic mass is 10.1. The summed E-state index contributed by atoms with van der Waals surface area (Å²) >= 11 is 6.11. The number of aliphatic hydroxyl groups is 1. The minimum atomic E-state index is -0.182. The van der Waals surface area contributed by atoms with Crippen LogP contribution in [0.1, 0.15) is 12.7 Å². The second-order valence-electron chi connectivity index (χ2n) is 3.59. The molecule has 2 rings (SSSR count). The van der Waals surface area contributed by atoms with E-state index in [4.69, 9.17) is 21.4 Å². The van der Waals surface area contributed by atoms with Crippen LogP contribution in [0.15, 0.2) is 30.5 Å². The highest BCUT2D eigenvalue weighted by molar-refractivity contribution is 6.32. The van der Waals surface area contributed by atoms with Crippen LogP contribution in [0.3, 0.4) is 0 Å². The summed E-state index contributed by atoms with van der Waals surface area (Å²) in [5, 5.41) is 9.55. The van der Waals surface area contributed by atoms with E-state index < -0.39 is 0 Å². The summed E-state index contributed by atoms with van der Waals surface area (Å²) in [6.45, 7) is 2.29. The molecule has 1 aromatic carbocycles. The van der Waals surface area contributed by atoms with Crippen LogP contribution < -0.4 is 4.74 Å². The van der Waals surface area contributed by atoms with Crippen LogP contribution in [-0.2, 0) is 6.61 Å². The molecular formula is C13H13ClN2O2. The van der Waals surface area contributed by atoms with Crippen LogP contribution >= 0.6 is 11.6 Å². The monoisotopic (exact) mass is 264 g/mol. The minimum absolute atomic E-state index is 0.182. The van der Waals surface area contributed by atoms with Gasteiger partial charge in [-0.1, -0.05) is 11.6 Å². The Labute approximate surface area is 110 Å². The number of benzene rings is 1. The van der Waals surface area contributed by atoms with Gasteiger partial charge in [-0.05, 0) is 31.2 Å². The molecule has 0 radical (unpaired) electrons. The van der Waals surface area contributed by atoms with Gasteiger partial charge < -0.3 is 9.84 Å². The number of rotatable bonds is 4. The van der Waals surface area contributed by atoms with Crippen molar-refractivity contribution in [2.75, 3.05) is 6.61 Å². The Hall–Kier alpha value is -1.65. The standard InChI is InChI=1S/C13H13ClN2O2/c1-2-18-12-4-3-9(7-10(12)14)11-5-6-15-13(8-17)16-11/h3-7,17H,2,8H2,1H3. The fourth-order valence-electron chi connectivity index (χ4n) is 1.57. The number of hydrogen-bond acceptors (Lipinski definition) is 4. The van der Waals surface area contributed by atoms with Crippen molar-refractivity contribution >= 4 is 11.6 Å². The summed E-state index contributed by atoms with van der Waals surface area (Å²) in [5.74, 6) is 1.04. The molecule has 0 bridgehead atoms. The number of halogens is 1. The largest absolute Gasteiger partial charge is 0.492 e. The van der Waals surface area contributed by atoms with Crippen molar-refractivity contribution in [1.29, 1.82) is 0 Å². The van der Waals surface area contributed by atoms with Gasteiger partial charge in [0.25, 0.3) is 0 Å². The van der Waals surface area contributed by atoms with E-state index in [0.717, 1.165) is 11.3 Å². The Kier molecular flexibility index (Phi) is 4.12. The summed E-state index contributed by atoms with van der Waals surface area (Å²) in [6, 6.07) is 7.24. The van der Waals surface area contributed by atoms with Crippen molar-refractivity contribution in [3.8, 4) is 17.0 Å². The SMILES string of the molecule is CCOc1ccc(-c2ccnc(CO)n2)cc1Cl. The van der Waals surface area contributed by atoms with E-state index in [1.54, 1.807) is 18.3 Å². The molecule has 0 aliphatic heterocycles. The Morgan fingerprint density at radius 2 is 2.17 bits per heavy atom. The normalized spacial score (nSPS) is 10.4. The third kappa shape index (κ3) is 2.78. The molecule has 0 saturated heterocycles. The maximum absolute atomic E-state index is 9.01. The molecule has 2 aromatic rings. The lowest BCUT2D eigenvalue weighted by Crippen LogP contribution is -1.96. The van der Waals surface area contributed by atoms with Gasteiger partial charge in [-0.2, -0.15) is 0 Å². The van der Waals surface area contributed by atoms with Gasteiger partial charge in [-0.25, -0.2) is 9.97 Å². The zero-order valence-corrected chi connectivity index (χ0v) is 10.7. The highest BCUT2D eigenvalue weighted by Gasteiger charge is 2.06. The first kappa shape index (κ1) is 12.8. The Balaban J connectivity index is 2.35. The van der Waals surface area contributed by atoms with E-state index in [-0.39, 0.29) is 6.61 Å². The van der Waals surface area contributed by atoms with Crippen molar-refractivity contribution in [2.24, 2.45) is 0 Å². The van der Waals surface area contributed by atoms with E-state index in [9.17, 15) is 0 Å². The molecule has 0 aliphatic carbocycles. The van der Waals surface area contributed by atoms with Gasteiger partial charge in [-0.3, -0.25) is 0 Å². The van der Waals surface area contributed by atoms with Crippen LogP contribution in [0.5, 0.6) is 5.75 Å². The van der Waals surface area contributed by atoms with Gasteiger partial charge in [0, 0.05) is 11.8 Å². The molecule has 0 aliphatic rings. The first-order chi connectivity index (χ1) is 8.74. The average molecular weight is 265 g/mol. The van der Waals surface area contributed by atoms with Crippen LogP contribution in [0.25, 0.3) is 11.3 Å². The molecule has 5 heteroatoms. The van der Waals surface area contributed by atoms with Gasteiger partial charge in [0.15, 0.2) is 5.82 Å². The third-order valence-electron chi connectivity index (χ3n) is 2.37. The van der Waals surface area contributed by atoms with Crippen molar-refractivity contribution in [1.82, 2.24) is 9.97 Å². The van der Waals surface area contributed by atoms with Gasteiger partial charge in [-0.15, -0.1) is 0 Å². The third-order valence-corrected chi connectivity index (χ3v) is 2.67. The van der Waals surface area contributed by atoms with Crippen LogP contribution in [0.2, 0.25) is 5.02 Å². The molecule has 1 aromatic heterocycles. The lowest BCUT2D eigenvalue weighted by Gasteiger charge is -2.07. The van der Waals surface area contributed by atoms with Crippen molar-refractivity contribution in [3.63, 3.8) is 0 Å². The van der Waals surface area contributed by atoms with Crippen molar-refractivity contribution in [2.45, 2.75) is 13.5 Å². The summed E-state index contributed by atoms with van der Waals surface area (Å²) in [6.07, 6.45) is 1.61. The van der Waals surface area contributed by atoms with E-state index >= 15 is 0 Å². The number of nitrogens with zero attached hydrogens (tertiary/aromatic N) is 2. The fraction of sp³-hybridized carbons (Fsp3) is 0.231. The maximum atomic E-state index is 9.01. The Morgan fingerprint density at radius 1 is 1.33 bits per heavy atom. The van der Waals surface area contributed by atoms with Crippen molar-refractivity contribution < 1.29 is 9.84 Å². The van der Waals surface area contributed by atoms with Gasteiger partial charge in [0.05, 0.1) is 17.3 Å². The predicted molar refractivity (Wildman–Crippen MR) is 69.6 cm³/mol.